The number of benzene rings is 1. The van der Waals surface area contributed by atoms with Crippen LogP contribution >= 0.6 is 31.9 Å². The molecule has 0 atom stereocenters. The molecule has 0 unspecified atom stereocenters. The third kappa shape index (κ3) is 2.96. The van der Waals surface area contributed by atoms with Crippen molar-refractivity contribution in [2.24, 2.45) is 7.05 Å². The molecule has 1 aromatic heterocycles. The summed E-state index contributed by atoms with van der Waals surface area (Å²) >= 11 is 6.78. The highest BCUT2D eigenvalue weighted by molar-refractivity contribution is 9.13. The molecule has 0 aliphatic heterocycles. The van der Waals surface area contributed by atoms with Gasteiger partial charge in [0.15, 0.2) is 5.78 Å². The number of aromatic nitrogens is 1. The van der Waals surface area contributed by atoms with E-state index in [-0.39, 0.29) is 22.8 Å². The van der Waals surface area contributed by atoms with Crippen LogP contribution < -0.4 is 0 Å². The number of allylic oxidation sites excluding steroid dienone is 1. The van der Waals surface area contributed by atoms with Crippen LogP contribution in [0.2, 0.25) is 0 Å². The van der Waals surface area contributed by atoms with Crippen molar-refractivity contribution in [2.75, 3.05) is 0 Å². The highest BCUT2D eigenvalue weighted by Crippen LogP contribution is 2.27. The minimum Gasteiger partial charge on any atom is -0.508 e. The lowest BCUT2D eigenvalue weighted by atomic mass is 10.1. The molecule has 0 bridgehead atoms. The molecule has 2 aromatic rings. The van der Waals surface area contributed by atoms with Crippen LogP contribution in [0.4, 0.5) is 0 Å². The molecule has 20 heavy (non-hydrogen) atoms. The van der Waals surface area contributed by atoms with Gasteiger partial charge in [-0.05, 0) is 68.3 Å². The van der Waals surface area contributed by atoms with Crippen LogP contribution in [0.3, 0.4) is 0 Å². The van der Waals surface area contributed by atoms with Crippen molar-refractivity contribution >= 4 is 43.7 Å². The summed E-state index contributed by atoms with van der Waals surface area (Å²) in [6, 6.07) is 5.70. The van der Waals surface area contributed by atoms with Gasteiger partial charge in [-0.3, -0.25) is 4.79 Å². The first-order chi connectivity index (χ1) is 9.40. The summed E-state index contributed by atoms with van der Waals surface area (Å²) in [6.07, 6.45) is 2.99. The van der Waals surface area contributed by atoms with E-state index in [1.54, 1.807) is 6.08 Å². The quantitative estimate of drug-likeness (QED) is 0.467. The minimum absolute atomic E-state index is 0.0635. The van der Waals surface area contributed by atoms with Gasteiger partial charge in [0.1, 0.15) is 11.5 Å². The molecule has 0 aliphatic rings. The van der Waals surface area contributed by atoms with Crippen LogP contribution in [-0.2, 0) is 7.05 Å². The van der Waals surface area contributed by atoms with Crippen molar-refractivity contribution in [2.45, 2.75) is 0 Å². The molecule has 1 aromatic carbocycles. The fourth-order valence-corrected chi connectivity index (χ4v) is 2.51. The number of rotatable bonds is 3. The average Bonchev–Trinajstić information content (AvgIpc) is 2.66. The summed E-state index contributed by atoms with van der Waals surface area (Å²) in [5.74, 6) is -0.609. The molecule has 2 rings (SSSR count). The zero-order valence-corrected chi connectivity index (χ0v) is 13.6. The minimum atomic E-state index is -0.383. The topological polar surface area (TPSA) is 62.5 Å². The number of hydrogen-bond donors (Lipinski definition) is 2. The molecule has 1 heterocycles. The first-order valence-electron chi connectivity index (χ1n) is 5.65. The van der Waals surface area contributed by atoms with Crippen LogP contribution in [-0.4, -0.2) is 20.6 Å². The van der Waals surface area contributed by atoms with Crippen LogP contribution in [0, 0.1) is 0 Å². The fourth-order valence-electron chi connectivity index (χ4n) is 1.69. The number of halogens is 2. The van der Waals surface area contributed by atoms with Crippen LogP contribution in [0.25, 0.3) is 6.08 Å². The second kappa shape index (κ2) is 5.85. The second-order valence-electron chi connectivity index (χ2n) is 4.17. The Hall–Kier alpha value is -1.53. The maximum Gasteiger partial charge on any atom is 0.189 e. The van der Waals surface area contributed by atoms with Crippen LogP contribution in [0.1, 0.15) is 16.1 Å². The molecule has 104 valence electrons. The number of carbonyl (C=O) groups excluding carboxylic acids is 1. The monoisotopic (exact) mass is 399 g/mol. The lowest BCUT2D eigenvalue weighted by Gasteiger charge is -2.01. The van der Waals surface area contributed by atoms with E-state index in [9.17, 15) is 15.0 Å². The van der Waals surface area contributed by atoms with Crippen molar-refractivity contribution in [3.05, 3.63) is 50.7 Å². The number of nitrogens with zero attached hydrogens (tertiary/aromatic N) is 1. The van der Waals surface area contributed by atoms with Gasteiger partial charge in [-0.1, -0.05) is 0 Å². The largest absolute Gasteiger partial charge is 0.508 e. The Kier molecular flexibility index (Phi) is 4.35. The third-order valence-corrected chi connectivity index (χ3v) is 4.90. The van der Waals surface area contributed by atoms with Gasteiger partial charge >= 0.3 is 0 Å². The Bertz CT molecular complexity index is 705. The molecule has 0 fully saturated rings. The molecule has 2 N–H and O–H groups in total. The summed E-state index contributed by atoms with van der Waals surface area (Å²) < 4.78 is 3.60. The molecule has 0 saturated carbocycles. The number of carbonyl (C=O) groups is 1. The second-order valence-corrected chi connectivity index (χ2v) is 5.77. The van der Waals surface area contributed by atoms with Gasteiger partial charge in [0.25, 0.3) is 0 Å². The predicted octanol–water partition coefficient (Wildman–Crippen LogP) is 3.86. The van der Waals surface area contributed by atoms with E-state index < -0.39 is 0 Å². The highest BCUT2D eigenvalue weighted by atomic mass is 79.9. The standard InChI is InChI=1S/C14H11Br2NO3/c1-17-8(6-11(15)14(17)16)2-4-12(19)10-7-9(18)3-5-13(10)20/h2-7,18,20H,1H3/b4-2+. The Morgan fingerprint density at radius 3 is 2.55 bits per heavy atom. The fraction of sp³-hybridized carbons (Fsp3) is 0.0714. The normalized spacial score (nSPS) is 11.2. The van der Waals surface area contributed by atoms with Crippen molar-refractivity contribution in [1.82, 2.24) is 4.57 Å². The van der Waals surface area contributed by atoms with Gasteiger partial charge < -0.3 is 14.8 Å². The first-order valence-corrected chi connectivity index (χ1v) is 7.24. The Labute approximate surface area is 132 Å². The van der Waals surface area contributed by atoms with E-state index in [4.69, 9.17) is 0 Å². The van der Waals surface area contributed by atoms with Crippen molar-refractivity contribution in [3.8, 4) is 11.5 Å². The van der Waals surface area contributed by atoms with Gasteiger partial charge in [-0.2, -0.15) is 0 Å². The SMILES string of the molecule is Cn1c(/C=C/C(=O)c2cc(O)ccc2O)cc(Br)c1Br. The Balaban J connectivity index is 2.29. The van der Waals surface area contributed by atoms with E-state index in [0.29, 0.717) is 0 Å². The van der Waals surface area contributed by atoms with Crippen LogP contribution in [0.5, 0.6) is 11.5 Å². The van der Waals surface area contributed by atoms with Gasteiger partial charge in [-0.25, -0.2) is 0 Å². The smallest absolute Gasteiger partial charge is 0.189 e. The number of aromatic hydroxyl groups is 2. The van der Waals surface area contributed by atoms with E-state index in [0.717, 1.165) is 14.8 Å². The molecule has 0 amide bonds. The zero-order chi connectivity index (χ0) is 14.9. The summed E-state index contributed by atoms with van der Waals surface area (Å²) in [5, 5.41) is 19.0. The molecule has 4 nitrogen and oxygen atoms in total. The van der Waals surface area contributed by atoms with Gasteiger partial charge in [0.05, 0.1) is 14.6 Å². The van der Waals surface area contributed by atoms with Gasteiger partial charge in [-0.15, -0.1) is 0 Å². The summed E-state index contributed by atoms with van der Waals surface area (Å²) in [5.41, 5.74) is 0.880. The molecular weight excluding hydrogens is 390 g/mol. The molecular formula is C14H11Br2NO3. The van der Waals surface area contributed by atoms with E-state index in [1.165, 1.54) is 24.3 Å². The summed E-state index contributed by atoms with van der Waals surface area (Å²) in [4.78, 5) is 12.0. The number of hydrogen-bond acceptors (Lipinski definition) is 3. The lowest BCUT2D eigenvalue weighted by Crippen LogP contribution is -1.96. The molecule has 0 saturated heterocycles. The summed E-state index contributed by atoms with van der Waals surface area (Å²) in [7, 11) is 1.85. The van der Waals surface area contributed by atoms with Crippen molar-refractivity contribution in [1.29, 1.82) is 0 Å². The Morgan fingerprint density at radius 2 is 1.95 bits per heavy atom. The lowest BCUT2D eigenvalue weighted by molar-refractivity contribution is 0.104. The van der Waals surface area contributed by atoms with Crippen molar-refractivity contribution < 1.29 is 15.0 Å². The highest BCUT2D eigenvalue weighted by Gasteiger charge is 2.10. The van der Waals surface area contributed by atoms with E-state index >= 15 is 0 Å². The maximum absolute atomic E-state index is 12.0. The average molecular weight is 401 g/mol. The predicted molar refractivity (Wildman–Crippen MR) is 83.9 cm³/mol. The summed E-state index contributed by atoms with van der Waals surface area (Å²) in [6.45, 7) is 0. The first kappa shape index (κ1) is 14.9. The van der Waals surface area contributed by atoms with Gasteiger partial charge in [0.2, 0.25) is 0 Å². The molecule has 0 aliphatic carbocycles. The number of ketones is 1. The third-order valence-electron chi connectivity index (χ3n) is 2.80. The van der Waals surface area contributed by atoms with Gasteiger partial charge in [0, 0.05) is 12.7 Å². The molecule has 0 spiro atoms. The van der Waals surface area contributed by atoms with E-state index in [2.05, 4.69) is 31.9 Å². The molecule has 6 heteroatoms. The maximum atomic E-state index is 12.0. The van der Waals surface area contributed by atoms with Crippen LogP contribution in [0.15, 0.2) is 39.4 Å². The van der Waals surface area contributed by atoms with Crippen molar-refractivity contribution in [3.63, 3.8) is 0 Å². The number of phenolic OH excluding ortho intramolecular Hbond substituents is 2. The zero-order valence-electron chi connectivity index (χ0n) is 10.5. The van der Waals surface area contributed by atoms with E-state index in [1.807, 2.05) is 17.7 Å². The molecule has 0 radical (unpaired) electrons. The Morgan fingerprint density at radius 1 is 1.25 bits per heavy atom. The number of phenols is 2.